The lowest BCUT2D eigenvalue weighted by Crippen LogP contribution is -2.36. The molecule has 0 atom stereocenters. The minimum Gasteiger partial charge on any atom is -0.490 e. The average molecular weight is 294 g/mol. The number of carboxylic acid groups (broad SMARTS) is 1. The van der Waals surface area contributed by atoms with E-state index in [1.54, 1.807) is 0 Å². The summed E-state index contributed by atoms with van der Waals surface area (Å²) in [6.45, 7) is 1.67. The number of urea groups is 1. The molecule has 1 aromatic carbocycles. The molecule has 2 amide bonds. The first-order valence-corrected chi connectivity index (χ1v) is 6.77. The van der Waals surface area contributed by atoms with E-state index in [2.05, 4.69) is 10.6 Å². The summed E-state index contributed by atoms with van der Waals surface area (Å²) in [4.78, 5) is 21.8. The third kappa shape index (κ3) is 4.87. The predicted octanol–water partition coefficient (Wildman–Crippen LogP) is 1.12. The van der Waals surface area contributed by atoms with Crippen molar-refractivity contribution in [1.29, 1.82) is 0 Å². The van der Waals surface area contributed by atoms with Crippen molar-refractivity contribution < 1.29 is 24.2 Å². The van der Waals surface area contributed by atoms with Gasteiger partial charge in [-0.25, -0.2) is 4.79 Å². The topological polar surface area (TPSA) is 96.9 Å². The van der Waals surface area contributed by atoms with Crippen molar-refractivity contribution in [2.24, 2.45) is 0 Å². The normalized spacial score (nSPS) is 13.1. The third-order valence-corrected chi connectivity index (χ3v) is 2.89. The number of benzene rings is 1. The Labute approximate surface area is 122 Å². The highest BCUT2D eigenvalue weighted by Gasteiger charge is 2.11. The Balaban J connectivity index is 1.81. The van der Waals surface area contributed by atoms with Crippen molar-refractivity contribution in [2.45, 2.75) is 19.4 Å². The molecule has 0 bridgehead atoms. The fourth-order valence-corrected chi connectivity index (χ4v) is 1.85. The number of hydrogen-bond donors (Lipinski definition) is 3. The number of carbonyl (C=O) groups excluding carboxylic acids is 1. The van der Waals surface area contributed by atoms with Gasteiger partial charge in [-0.2, -0.15) is 0 Å². The summed E-state index contributed by atoms with van der Waals surface area (Å²) in [5.41, 5.74) is 0.882. The van der Waals surface area contributed by atoms with Crippen molar-refractivity contribution in [3.05, 3.63) is 23.8 Å². The van der Waals surface area contributed by atoms with Gasteiger partial charge in [0.05, 0.1) is 19.6 Å². The zero-order valence-electron chi connectivity index (χ0n) is 11.6. The maximum absolute atomic E-state index is 11.5. The van der Waals surface area contributed by atoms with Gasteiger partial charge in [0, 0.05) is 19.5 Å². The second-order valence-electron chi connectivity index (χ2n) is 4.58. The van der Waals surface area contributed by atoms with Gasteiger partial charge < -0.3 is 25.2 Å². The third-order valence-electron chi connectivity index (χ3n) is 2.89. The van der Waals surface area contributed by atoms with Crippen LogP contribution in [0.5, 0.6) is 11.5 Å². The summed E-state index contributed by atoms with van der Waals surface area (Å²) >= 11 is 0. The molecule has 1 aliphatic rings. The highest BCUT2D eigenvalue weighted by Crippen LogP contribution is 2.30. The molecule has 0 radical (unpaired) electrons. The maximum Gasteiger partial charge on any atom is 0.315 e. The van der Waals surface area contributed by atoms with Crippen molar-refractivity contribution >= 4 is 12.0 Å². The second-order valence-corrected chi connectivity index (χ2v) is 4.58. The minimum atomic E-state index is -0.946. The summed E-state index contributed by atoms with van der Waals surface area (Å²) in [6.07, 6.45) is 0.742. The van der Waals surface area contributed by atoms with E-state index in [0.717, 1.165) is 12.0 Å². The minimum absolute atomic E-state index is 0.0995. The van der Waals surface area contributed by atoms with E-state index >= 15 is 0 Å². The van der Waals surface area contributed by atoms with Crippen LogP contribution >= 0.6 is 0 Å². The van der Waals surface area contributed by atoms with Crippen LogP contribution in [0.4, 0.5) is 4.79 Å². The molecule has 0 fully saturated rings. The highest BCUT2D eigenvalue weighted by atomic mass is 16.5. The van der Waals surface area contributed by atoms with Crippen LogP contribution in [0.2, 0.25) is 0 Å². The lowest BCUT2D eigenvalue weighted by molar-refractivity contribution is -0.136. The molecule has 1 aliphatic heterocycles. The van der Waals surface area contributed by atoms with Gasteiger partial charge in [0.15, 0.2) is 11.5 Å². The molecule has 1 aromatic rings. The van der Waals surface area contributed by atoms with Crippen LogP contribution in [0.15, 0.2) is 18.2 Å². The summed E-state index contributed by atoms with van der Waals surface area (Å²) < 4.78 is 11.1. The highest BCUT2D eigenvalue weighted by molar-refractivity contribution is 5.75. The quantitative estimate of drug-likeness (QED) is 0.756. The van der Waals surface area contributed by atoms with Crippen molar-refractivity contribution in [1.82, 2.24) is 10.6 Å². The van der Waals surface area contributed by atoms with Crippen LogP contribution in [-0.4, -0.2) is 36.9 Å². The van der Waals surface area contributed by atoms with Crippen LogP contribution in [0.3, 0.4) is 0 Å². The van der Waals surface area contributed by atoms with Crippen LogP contribution in [0, 0.1) is 0 Å². The standard InChI is InChI=1S/C14H18N2O5/c17-13(18)4-5-15-14(19)16-9-10-2-3-11-12(8-10)21-7-1-6-20-11/h2-3,8H,1,4-7,9H2,(H,17,18)(H2,15,16,19). The molecular formula is C14H18N2O5. The largest absolute Gasteiger partial charge is 0.490 e. The van der Waals surface area contributed by atoms with Gasteiger partial charge in [0.2, 0.25) is 0 Å². The maximum atomic E-state index is 11.5. The monoisotopic (exact) mass is 294 g/mol. The first kappa shape index (κ1) is 15.0. The Hall–Kier alpha value is -2.44. The molecular weight excluding hydrogens is 276 g/mol. The molecule has 0 spiro atoms. The predicted molar refractivity (Wildman–Crippen MR) is 74.5 cm³/mol. The molecule has 0 aromatic heterocycles. The molecule has 21 heavy (non-hydrogen) atoms. The van der Waals surface area contributed by atoms with Gasteiger partial charge in [-0.15, -0.1) is 0 Å². The number of fused-ring (bicyclic) bond motifs is 1. The molecule has 3 N–H and O–H groups in total. The zero-order chi connectivity index (χ0) is 15.1. The van der Waals surface area contributed by atoms with Crippen molar-refractivity contribution in [3.8, 4) is 11.5 Å². The Morgan fingerprint density at radius 3 is 2.67 bits per heavy atom. The molecule has 0 saturated carbocycles. The molecule has 0 aliphatic carbocycles. The van der Waals surface area contributed by atoms with Gasteiger partial charge in [-0.05, 0) is 17.7 Å². The zero-order valence-corrected chi connectivity index (χ0v) is 11.6. The fourth-order valence-electron chi connectivity index (χ4n) is 1.85. The number of ether oxygens (including phenoxy) is 2. The van der Waals surface area contributed by atoms with E-state index in [-0.39, 0.29) is 13.0 Å². The van der Waals surface area contributed by atoms with E-state index in [0.29, 0.717) is 31.3 Å². The van der Waals surface area contributed by atoms with E-state index in [1.165, 1.54) is 0 Å². The first-order chi connectivity index (χ1) is 10.1. The van der Waals surface area contributed by atoms with E-state index in [9.17, 15) is 9.59 Å². The lowest BCUT2D eigenvalue weighted by atomic mass is 10.2. The SMILES string of the molecule is O=C(O)CCNC(=O)NCc1ccc2c(c1)OCCCO2. The Morgan fingerprint density at radius 2 is 1.90 bits per heavy atom. The van der Waals surface area contributed by atoms with Crippen molar-refractivity contribution in [3.63, 3.8) is 0 Å². The molecule has 0 saturated heterocycles. The molecule has 114 valence electrons. The molecule has 0 unspecified atom stereocenters. The van der Waals surface area contributed by atoms with Crippen LogP contribution < -0.4 is 20.1 Å². The molecule has 1 heterocycles. The first-order valence-electron chi connectivity index (χ1n) is 6.77. The van der Waals surface area contributed by atoms with Crippen LogP contribution in [0.25, 0.3) is 0 Å². The van der Waals surface area contributed by atoms with E-state index in [4.69, 9.17) is 14.6 Å². The Bertz CT molecular complexity index is 518. The number of hydrogen-bond acceptors (Lipinski definition) is 4. The summed E-state index contributed by atoms with van der Waals surface area (Å²) in [5, 5.41) is 13.6. The Morgan fingerprint density at radius 1 is 1.14 bits per heavy atom. The number of carbonyl (C=O) groups is 2. The number of amides is 2. The van der Waals surface area contributed by atoms with Crippen molar-refractivity contribution in [2.75, 3.05) is 19.8 Å². The van der Waals surface area contributed by atoms with Crippen LogP contribution in [-0.2, 0) is 11.3 Å². The number of carboxylic acids is 1. The smallest absolute Gasteiger partial charge is 0.315 e. The van der Waals surface area contributed by atoms with E-state index < -0.39 is 12.0 Å². The molecule has 7 nitrogen and oxygen atoms in total. The van der Waals surface area contributed by atoms with E-state index in [1.807, 2.05) is 18.2 Å². The summed E-state index contributed by atoms with van der Waals surface area (Å²) in [6, 6.07) is 5.10. The average Bonchev–Trinajstić information content (AvgIpc) is 2.69. The second kappa shape index (κ2) is 7.37. The van der Waals surface area contributed by atoms with Gasteiger partial charge in [0.1, 0.15) is 0 Å². The number of aliphatic carboxylic acids is 1. The summed E-state index contributed by atoms with van der Waals surface area (Å²) in [5.74, 6) is 0.443. The Kier molecular flexibility index (Phi) is 5.25. The fraction of sp³-hybridized carbons (Fsp3) is 0.429. The van der Waals surface area contributed by atoms with Gasteiger partial charge in [0.25, 0.3) is 0 Å². The summed E-state index contributed by atoms with van der Waals surface area (Å²) in [7, 11) is 0. The number of rotatable bonds is 5. The molecule has 2 rings (SSSR count). The lowest BCUT2D eigenvalue weighted by Gasteiger charge is -2.10. The van der Waals surface area contributed by atoms with Gasteiger partial charge in [-0.3, -0.25) is 4.79 Å². The van der Waals surface area contributed by atoms with Gasteiger partial charge in [-0.1, -0.05) is 6.07 Å². The number of nitrogens with one attached hydrogen (secondary N) is 2. The van der Waals surface area contributed by atoms with Crippen LogP contribution in [0.1, 0.15) is 18.4 Å². The van der Waals surface area contributed by atoms with Gasteiger partial charge >= 0.3 is 12.0 Å². The molecule has 7 heteroatoms.